The molecule has 0 unspecified atom stereocenters. The van der Waals surface area contributed by atoms with Gasteiger partial charge in [0.2, 0.25) is 5.91 Å². The number of aromatic amines is 1. The largest absolute Gasteiger partial charge is 0.411 e. The van der Waals surface area contributed by atoms with Gasteiger partial charge in [-0.3, -0.25) is 14.5 Å². The number of hydrogen-bond donors (Lipinski definition) is 2. The molecule has 25 heavy (non-hydrogen) atoms. The average molecular weight is 374 g/mol. The first kappa shape index (κ1) is 19.1. The van der Waals surface area contributed by atoms with Crippen molar-refractivity contribution in [3.05, 3.63) is 34.6 Å². The molecule has 1 amide bonds. The van der Waals surface area contributed by atoms with Crippen molar-refractivity contribution < 1.29 is 22.7 Å². The summed E-state index contributed by atoms with van der Waals surface area (Å²) in [6, 6.07) is 7.55. The first-order valence-corrected chi connectivity index (χ1v) is 7.80. The second-order valence-corrected chi connectivity index (χ2v) is 5.71. The zero-order chi connectivity index (χ0) is 18.4. The number of aryl methyl sites for hydroxylation is 1. The van der Waals surface area contributed by atoms with Crippen LogP contribution >= 0.6 is 12.2 Å². The Morgan fingerprint density at radius 1 is 1.36 bits per heavy atom. The van der Waals surface area contributed by atoms with Crippen LogP contribution < -0.4 is 5.32 Å². The van der Waals surface area contributed by atoms with E-state index in [1.165, 1.54) is 4.57 Å². The van der Waals surface area contributed by atoms with Crippen molar-refractivity contribution in [2.45, 2.75) is 19.6 Å². The average Bonchev–Trinajstić information content (AvgIpc) is 2.88. The Morgan fingerprint density at radius 2 is 2.04 bits per heavy atom. The molecular weight excluding hydrogens is 357 g/mol. The Bertz CT molecular complexity index is 768. The van der Waals surface area contributed by atoms with Gasteiger partial charge in [-0.2, -0.15) is 18.3 Å². The molecule has 10 heteroatoms. The van der Waals surface area contributed by atoms with Gasteiger partial charge in [-0.05, 0) is 19.1 Å². The Kier molecular flexibility index (Phi) is 6.32. The highest BCUT2D eigenvalue weighted by atomic mass is 32.1. The molecule has 136 valence electrons. The Hall–Kier alpha value is -2.20. The van der Waals surface area contributed by atoms with Crippen LogP contribution in [0.15, 0.2) is 24.3 Å². The van der Waals surface area contributed by atoms with Crippen LogP contribution in [-0.2, 0) is 16.1 Å². The molecule has 1 heterocycles. The van der Waals surface area contributed by atoms with E-state index in [0.29, 0.717) is 5.82 Å². The molecule has 2 N–H and O–H groups in total. The third kappa shape index (κ3) is 5.98. The van der Waals surface area contributed by atoms with E-state index < -0.39 is 18.7 Å². The number of benzene rings is 1. The van der Waals surface area contributed by atoms with Gasteiger partial charge in [0.25, 0.3) is 0 Å². The molecule has 0 radical (unpaired) electrons. The van der Waals surface area contributed by atoms with Crippen LogP contribution in [0.5, 0.6) is 0 Å². The van der Waals surface area contributed by atoms with E-state index in [-0.39, 0.29) is 24.5 Å². The molecule has 0 spiro atoms. The van der Waals surface area contributed by atoms with E-state index in [4.69, 9.17) is 12.2 Å². The molecule has 2 aromatic rings. The van der Waals surface area contributed by atoms with Gasteiger partial charge in [-0.1, -0.05) is 29.8 Å². The molecular formula is C15H17F3N4O2S. The van der Waals surface area contributed by atoms with E-state index in [2.05, 4.69) is 20.3 Å². The van der Waals surface area contributed by atoms with Crippen molar-refractivity contribution in [1.82, 2.24) is 20.1 Å². The van der Waals surface area contributed by atoms with Crippen LogP contribution in [0, 0.1) is 11.7 Å². The maximum atomic E-state index is 12.0. The second kappa shape index (κ2) is 8.26. The lowest BCUT2D eigenvalue weighted by Gasteiger charge is -2.10. The normalized spacial score (nSPS) is 11.5. The van der Waals surface area contributed by atoms with Crippen molar-refractivity contribution in [3.8, 4) is 11.4 Å². The number of halogens is 3. The number of nitrogens with zero attached hydrogens (tertiary/aromatic N) is 2. The predicted octanol–water partition coefficient (Wildman–Crippen LogP) is 2.61. The third-order valence-corrected chi connectivity index (χ3v) is 3.52. The second-order valence-electron chi connectivity index (χ2n) is 5.32. The highest BCUT2D eigenvalue weighted by molar-refractivity contribution is 7.71. The molecule has 2 rings (SSSR count). The molecule has 0 aliphatic rings. The summed E-state index contributed by atoms with van der Waals surface area (Å²) >= 11 is 5.13. The van der Waals surface area contributed by atoms with Crippen molar-refractivity contribution in [2.24, 2.45) is 0 Å². The first-order valence-electron chi connectivity index (χ1n) is 7.40. The molecule has 0 saturated carbocycles. The number of rotatable bonds is 7. The maximum absolute atomic E-state index is 12.0. The molecule has 6 nitrogen and oxygen atoms in total. The van der Waals surface area contributed by atoms with Crippen molar-refractivity contribution in [3.63, 3.8) is 0 Å². The number of carbonyl (C=O) groups is 1. The van der Waals surface area contributed by atoms with E-state index in [1.807, 2.05) is 31.2 Å². The number of carbonyl (C=O) groups excluding carboxylic acids is 1. The standard InChI is InChI=1S/C15H17F3N4O2S/c1-10-2-4-11(5-3-10)13-20-21-14(25)22(13)8-12(23)19-6-7-24-9-15(16,17)18/h2-5H,6-9H2,1H3,(H,19,23)(H,21,25). The fraction of sp³-hybridized carbons (Fsp3) is 0.400. The number of H-pyrrole nitrogens is 1. The lowest BCUT2D eigenvalue weighted by Crippen LogP contribution is -2.31. The predicted molar refractivity (Wildman–Crippen MR) is 87.5 cm³/mol. The lowest BCUT2D eigenvalue weighted by molar-refractivity contribution is -0.173. The Balaban J connectivity index is 1.92. The SMILES string of the molecule is Cc1ccc(-c2n[nH]c(=S)n2CC(=O)NCCOCC(F)(F)F)cc1. The van der Waals surface area contributed by atoms with Gasteiger partial charge >= 0.3 is 6.18 Å². The summed E-state index contributed by atoms with van der Waals surface area (Å²) in [6.45, 7) is 0.257. The molecule has 0 fully saturated rings. The number of alkyl halides is 3. The van der Waals surface area contributed by atoms with Gasteiger partial charge in [0.15, 0.2) is 10.6 Å². The maximum Gasteiger partial charge on any atom is 0.411 e. The summed E-state index contributed by atoms with van der Waals surface area (Å²) in [7, 11) is 0. The van der Waals surface area contributed by atoms with Crippen molar-refractivity contribution in [1.29, 1.82) is 0 Å². The minimum Gasteiger partial charge on any atom is -0.370 e. The minimum absolute atomic E-state index is 0.0278. The van der Waals surface area contributed by atoms with Gasteiger partial charge in [0.05, 0.1) is 6.61 Å². The monoisotopic (exact) mass is 374 g/mol. The van der Waals surface area contributed by atoms with Crippen molar-refractivity contribution in [2.75, 3.05) is 19.8 Å². The highest BCUT2D eigenvalue weighted by Crippen LogP contribution is 2.17. The van der Waals surface area contributed by atoms with Crippen LogP contribution in [0.1, 0.15) is 5.56 Å². The van der Waals surface area contributed by atoms with Gasteiger partial charge in [0.1, 0.15) is 13.2 Å². The topological polar surface area (TPSA) is 71.9 Å². The summed E-state index contributed by atoms with van der Waals surface area (Å²) in [4.78, 5) is 12.0. The molecule has 0 saturated heterocycles. The summed E-state index contributed by atoms with van der Waals surface area (Å²) < 4.78 is 42.0. The van der Waals surface area contributed by atoms with E-state index >= 15 is 0 Å². The Labute approximate surface area is 147 Å². The van der Waals surface area contributed by atoms with Crippen LogP contribution in [0.2, 0.25) is 0 Å². The van der Waals surface area contributed by atoms with Crippen LogP contribution in [0.25, 0.3) is 11.4 Å². The highest BCUT2D eigenvalue weighted by Gasteiger charge is 2.27. The fourth-order valence-electron chi connectivity index (χ4n) is 2.04. The van der Waals surface area contributed by atoms with Gasteiger partial charge < -0.3 is 10.1 Å². The van der Waals surface area contributed by atoms with Gasteiger partial charge in [-0.25, -0.2) is 0 Å². The van der Waals surface area contributed by atoms with E-state index in [0.717, 1.165) is 11.1 Å². The molecule has 0 atom stereocenters. The number of amides is 1. The van der Waals surface area contributed by atoms with E-state index in [9.17, 15) is 18.0 Å². The minimum atomic E-state index is -4.38. The van der Waals surface area contributed by atoms with Crippen LogP contribution in [0.3, 0.4) is 0 Å². The smallest absolute Gasteiger partial charge is 0.370 e. The molecule has 1 aromatic carbocycles. The Morgan fingerprint density at radius 3 is 2.68 bits per heavy atom. The van der Waals surface area contributed by atoms with Crippen molar-refractivity contribution >= 4 is 18.1 Å². The summed E-state index contributed by atoms with van der Waals surface area (Å²) in [6.07, 6.45) is -4.38. The lowest BCUT2D eigenvalue weighted by atomic mass is 10.1. The van der Waals surface area contributed by atoms with Gasteiger partial charge in [0, 0.05) is 12.1 Å². The summed E-state index contributed by atoms with van der Waals surface area (Å²) in [5.41, 5.74) is 1.88. The zero-order valence-corrected chi connectivity index (χ0v) is 14.2. The molecule has 1 aromatic heterocycles. The number of nitrogens with one attached hydrogen (secondary N) is 2. The molecule has 0 aliphatic carbocycles. The van der Waals surface area contributed by atoms with Crippen LogP contribution in [0.4, 0.5) is 13.2 Å². The van der Waals surface area contributed by atoms with E-state index in [1.54, 1.807) is 0 Å². The summed E-state index contributed by atoms with van der Waals surface area (Å²) in [5, 5.41) is 9.24. The number of hydrogen-bond acceptors (Lipinski definition) is 4. The number of ether oxygens (including phenoxy) is 1. The first-order chi connectivity index (χ1) is 11.8. The molecule has 0 aliphatic heterocycles. The number of aromatic nitrogens is 3. The summed E-state index contributed by atoms with van der Waals surface area (Å²) in [5.74, 6) is 0.106. The third-order valence-electron chi connectivity index (χ3n) is 3.20. The molecule has 0 bridgehead atoms. The van der Waals surface area contributed by atoms with Crippen LogP contribution in [-0.4, -0.2) is 46.6 Å². The fourth-order valence-corrected chi connectivity index (χ4v) is 2.23. The quantitative estimate of drug-likeness (QED) is 0.577. The van der Waals surface area contributed by atoms with Gasteiger partial charge in [-0.15, -0.1) is 0 Å². The zero-order valence-electron chi connectivity index (χ0n) is 13.4.